The Hall–Kier alpha value is -1.51. The zero-order valence-electron chi connectivity index (χ0n) is 12.9. The van der Waals surface area contributed by atoms with Crippen molar-refractivity contribution in [1.29, 1.82) is 0 Å². The normalized spacial score (nSPS) is 34.5. The average Bonchev–Trinajstić information content (AvgIpc) is 2.94. The van der Waals surface area contributed by atoms with Gasteiger partial charge in [-0.15, -0.1) is 0 Å². The molecule has 21 heavy (non-hydrogen) atoms. The Morgan fingerprint density at radius 2 is 2.29 bits per heavy atom. The summed E-state index contributed by atoms with van der Waals surface area (Å²) in [4.78, 5) is 11.6. The lowest BCUT2D eigenvalue weighted by Crippen LogP contribution is -2.47. The summed E-state index contributed by atoms with van der Waals surface area (Å²) in [5, 5.41) is 0. The van der Waals surface area contributed by atoms with E-state index in [2.05, 4.69) is 13.0 Å². The van der Waals surface area contributed by atoms with E-state index in [1.165, 1.54) is 38.2 Å². The van der Waals surface area contributed by atoms with E-state index < -0.39 is 0 Å². The van der Waals surface area contributed by atoms with Crippen LogP contribution in [0.4, 0.5) is 0 Å². The van der Waals surface area contributed by atoms with Gasteiger partial charge in [0.15, 0.2) is 0 Å². The number of carbonyl (C=O) groups is 1. The molecule has 0 spiro atoms. The lowest BCUT2D eigenvalue weighted by molar-refractivity contribution is -0.156. The van der Waals surface area contributed by atoms with Crippen LogP contribution in [-0.4, -0.2) is 12.1 Å². The second-order valence-corrected chi connectivity index (χ2v) is 6.71. The van der Waals surface area contributed by atoms with Gasteiger partial charge in [-0.1, -0.05) is 19.8 Å². The third-order valence-corrected chi connectivity index (χ3v) is 5.32. The lowest BCUT2D eigenvalue weighted by atomic mass is 9.57. The fourth-order valence-corrected chi connectivity index (χ4v) is 4.23. The van der Waals surface area contributed by atoms with Crippen molar-refractivity contribution in [1.82, 2.24) is 0 Å². The molecule has 3 atom stereocenters. The molecule has 0 radical (unpaired) electrons. The van der Waals surface area contributed by atoms with Crippen LogP contribution in [0.1, 0.15) is 58.1 Å². The predicted molar refractivity (Wildman–Crippen MR) is 81.5 cm³/mol. The fourth-order valence-electron chi connectivity index (χ4n) is 4.23. The van der Waals surface area contributed by atoms with Crippen molar-refractivity contribution in [2.24, 2.45) is 11.3 Å². The molecular weight excluding hydrogens is 264 g/mol. The third kappa shape index (κ3) is 2.78. The standard InChI is InChI=1S/C18H24O3/c1-13(19)21-17-14(12-16-7-5-11-20-16)8-9-15-6-3-4-10-18(15,17)2/h5,7,11-12,15,17H,3-4,6,8-10H2,1-2H3. The third-order valence-electron chi connectivity index (χ3n) is 5.32. The Morgan fingerprint density at radius 1 is 1.43 bits per heavy atom. The minimum Gasteiger partial charge on any atom is -0.465 e. The molecule has 2 aliphatic carbocycles. The molecule has 1 aromatic rings. The molecule has 2 saturated carbocycles. The maximum Gasteiger partial charge on any atom is 0.303 e. The van der Waals surface area contributed by atoms with Crippen molar-refractivity contribution in [3.8, 4) is 0 Å². The Labute approximate surface area is 126 Å². The van der Waals surface area contributed by atoms with Crippen LogP contribution in [0.25, 0.3) is 6.08 Å². The molecule has 3 heteroatoms. The number of rotatable bonds is 2. The number of ether oxygens (including phenoxy) is 1. The molecule has 0 aromatic carbocycles. The zero-order chi connectivity index (χ0) is 14.9. The molecule has 3 nitrogen and oxygen atoms in total. The molecule has 0 amide bonds. The summed E-state index contributed by atoms with van der Waals surface area (Å²) in [6.07, 6.45) is 10.8. The van der Waals surface area contributed by atoms with Crippen molar-refractivity contribution in [2.75, 3.05) is 0 Å². The summed E-state index contributed by atoms with van der Waals surface area (Å²) in [5.74, 6) is 1.34. The highest BCUT2D eigenvalue weighted by Gasteiger charge is 2.48. The van der Waals surface area contributed by atoms with E-state index in [1.807, 2.05) is 12.1 Å². The van der Waals surface area contributed by atoms with Gasteiger partial charge in [0, 0.05) is 12.3 Å². The molecule has 2 fully saturated rings. The van der Waals surface area contributed by atoms with Crippen LogP contribution < -0.4 is 0 Å². The number of hydrogen-bond acceptors (Lipinski definition) is 3. The molecule has 0 bridgehead atoms. The summed E-state index contributed by atoms with van der Waals surface area (Å²) in [5.41, 5.74) is 1.29. The van der Waals surface area contributed by atoms with Gasteiger partial charge >= 0.3 is 5.97 Å². The fraction of sp³-hybridized carbons (Fsp3) is 0.611. The van der Waals surface area contributed by atoms with Gasteiger partial charge in [-0.2, -0.15) is 0 Å². The number of carbonyl (C=O) groups excluding carboxylic acids is 1. The maximum absolute atomic E-state index is 11.6. The number of esters is 1. The van der Waals surface area contributed by atoms with Crippen LogP contribution in [0.3, 0.4) is 0 Å². The van der Waals surface area contributed by atoms with Crippen molar-refractivity contribution in [3.63, 3.8) is 0 Å². The van der Waals surface area contributed by atoms with Gasteiger partial charge < -0.3 is 9.15 Å². The maximum atomic E-state index is 11.6. The monoisotopic (exact) mass is 288 g/mol. The molecule has 0 aliphatic heterocycles. The summed E-state index contributed by atoms with van der Waals surface area (Å²) < 4.78 is 11.2. The van der Waals surface area contributed by atoms with E-state index in [4.69, 9.17) is 9.15 Å². The van der Waals surface area contributed by atoms with Gasteiger partial charge in [-0.25, -0.2) is 0 Å². The lowest BCUT2D eigenvalue weighted by Gasteiger charge is -2.50. The minimum atomic E-state index is -0.183. The average molecular weight is 288 g/mol. The first-order valence-corrected chi connectivity index (χ1v) is 8.01. The van der Waals surface area contributed by atoms with Crippen LogP contribution in [0.15, 0.2) is 28.4 Å². The summed E-state index contributed by atoms with van der Waals surface area (Å²) in [7, 11) is 0. The summed E-state index contributed by atoms with van der Waals surface area (Å²) in [6.45, 7) is 3.82. The van der Waals surface area contributed by atoms with Crippen LogP contribution in [0, 0.1) is 11.3 Å². The largest absolute Gasteiger partial charge is 0.465 e. The molecule has 114 valence electrons. The number of fused-ring (bicyclic) bond motifs is 1. The van der Waals surface area contributed by atoms with E-state index in [-0.39, 0.29) is 17.5 Å². The highest BCUT2D eigenvalue weighted by Crippen LogP contribution is 2.53. The van der Waals surface area contributed by atoms with Crippen LogP contribution in [0.5, 0.6) is 0 Å². The second-order valence-electron chi connectivity index (χ2n) is 6.71. The van der Waals surface area contributed by atoms with E-state index in [0.717, 1.165) is 18.6 Å². The molecule has 2 aliphatic rings. The van der Waals surface area contributed by atoms with E-state index >= 15 is 0 Å². The van der Waals surface area contributed by atoms with Gasteiger partial charge in [0.05, 0.1) is 6.26 Å². The molecule has 3 rings (SSSR count). The first kappa shape index (κ1) is 14.4. The zero-order valence-corrected chi connectivity index (χ0v) is 12.9. The Bertz CT molecular complexity index is 529. The molecular formula is C18H24O3. The second kappa shape index (κ2) is 5.70. The Kier molecular flexibility index (Phi) is 3.92. The van der Waals surface area contributed by atoms with Crippen molar-refractivity contribution in [3.05, 3.63) is 29.7 Å². The molecule has 0 N–H and O–H groups in total. The summed E-state index contributed by atoms with van der Waals surface area (Å²) >= 11 is 0. The quantitative estimate of drug-likeness (QED) is 0.747. The highest BCUT2D eigenvalue weighted by molar-refractivity contribution is 5.67. The smallest absolute Gasteiger partial charge is 0.303 e. The van der Waals surface area contributed by atoms with Crippen LogP contribution in [0.2, 0.25) is 0 Å². The van der Waals surface area contributed by atoms with Crippen LogP contribution >= 0.6 is 0 Å². The molecule has 0 saturated heterocycles. The minimum absolute atomic E-state index is 0.0839. The van der Waals surface area contributed by atoms with Crippen molar-refractivity contribution < 1.29 is 13.9 Å². The van der Waals surface area contributed by atoms with Gasteiger partial charge in [0.1, 0.15) is 11.9 Å². The van der Waals surface area contributed by atoms with Gasteiger partial charge in [0.2, 0.25) is 0 Å². The van der Waals surface area contributed by atoms with Crippen molar-refractivity contribution >= 4 is 12.0 Å². The number of hydrogen-bond donors (Lipinski definition) is 0. The van der Waals surface area contributed by atoms with Gasteiger partial charge in [-0.05, 0) is 55.4 Å². The van der Waals surface area contributed by atoms with Crippen LogP contribution in [-0.2, 0) is 9.53 Å². The first-order valence-electron chi connectivity index (χ1n) is 8.01. The molecule has 1 aromatic heterocycles. The highest BCUT2D eigenvalue weighted by atomic mass is 16.5. The number of furan rings is 1. The van der Waals surface area contributed by atoms with E-state index in [1.54, 1.807) is 6.26 Å². The predicted octanol–water partition coefficient (Wildman–Crippen LogP) is 4.59. The van der Waals surface area contributed by atoms with E-state index in [0.29, 0.717) is 5.92 Å². The van der Waals surface area contributed by atoms with Crippen molar-refractivity contribution in [2.45, 2.75) is 58.5 Å². The summed E-state index contributed by atoms with van der Waals surface area (Å²) in [6, 6.07) is 3.84. The van der Waals surface area contributed by atoms with Gasteiger partial charge in [-0.3, -0.25) is 4.79 Å². The van der Waals surface area contributed by atoms with Gasteiger partial charge in [0.25, 0.3) is 0 Å². The Morgan fingerprint density at radius 3 is 3.00 bits per heavy atom. The SMILES string of the molecule is CC(=O)OC1C(=Cc2ccco2)CCC2CCCCC21C. The topological polar surface area (TPSA) is 39.4 Å². The Balaban J connectivity index is 1.94. The molecule has 1 heterocycles. The molecule has 3 unspecified atom stereocenters. The van der Waals surface area contributed by atoms with E-state index in [9.17, 15) is 4.79 Å². The first-order chi connectivity index (χ1) is 10.1.